The van der Waals surface area contributed by atoms with Gasteiger partial charge in [0.15, 0.2) is 0 Å². The Hall–Kier alpha value is 0.0400. The fourth-order valence-electron chi connectivity index (χ4n) is 0.705. The van der Waals surface area contributed by atoms with Gasteiger partial charge in [0, 0.05) is 21.1 Å². The molecule has 0 radical (unpaired) electrons. The Morgan fingerprint density at radius 2 is 2.44 bits per heavy atom. The third-order valence-electron chi connectivity index (χ3n) is 1.12. The molecule has 0 amide bonds. The Balaban J connectivity index is 2.36. The predicted molar refractivity (Wildman–Crippen MR) is 48.9 cm³/mol. The fraction of sp³-hybridized carbons (Fsp3) is 0.286. The van der Waals surface area contributed by atoms with E-state index in [-0.39, 0.29) is 21.1 Å². The SMILES string of the molecule is C=IOC1C=CC=CC1. The summed E-state index contributed by atoms with van der Waals surface area (Å²) in [7, 11) is 0. The molecule has 0 heterocycles. The third-order valence-corrected chi connectivity index (χ3v) is 2.13. The van der Waals surface area contributed by atoms with Crippen molar-refractivity contribution >= 4 is 25.7 Å². The van der Waals surface area contributed by atoms with Gasteiger partial charge < -0.3 is 3.07 Å². The number of allylic oxidation sites excluding steroid dienone is 2. The van der Waals surface area contributed by atoms with Gasteiger partial charge in [-0.1, -0.05) is 24.3 Å². The van der Waals surface area contributed by atoms with E-state index in [1.165, 1.54) is 0 Å². The zero-order valence-electron chi connectivity index (χ0n) is 5.09. The van der Waals surface area contributed by atoms with Crippen LogP contribution in [0.15, 0.2) is 24.3 Å². The topological polar surface area (TPSA) is 9.23 Å². The van der Waals surface area contributed by atoms with Gasteiger partial charge in [-0.2, -0.15) is 0 Å². The lowest BCUT2D eigenvalue weighted by atomic mass is 10.1. The summed E-state index contributed by atoms with van der Waals surface area (Å²) < 4.78 is 9.05. The van der Waals surface area contributed by atoms with Crippen molar-refractivity contribution in [3.8, 4) is 0 Å². The Morgan fingerprint density at radius 3 is 3.00 bits per heavy atom. The van der Waals surface area contributed by atoms with Gasteiger partial charge in [0.2, 0.25) is 0 Å². The maximum absolute atomic E-state index is 5.34. The van der Waals surface area contributed by atoms with Crippen LogP contribution in [0.2, 0.25) is 0 Å². The van der Waals surface area contributed by atoms with Gasteiger partial charge in [-0.25, -0.2) is 0 Å². The first-order valence-electron chi connectivity index (χ1n) is 2.81. The average molecular weight is 236 g/mol. The molecule has 0 aliphatic heterocycles. The monoisotopic (exact) mass is 236 g/mol. The molecule has 1 unspecified atom stereocenters. The molecule has 1 rings (SSSR count). The van der Waals surface area contributed by atoms with Crippen molar-refractivity contribution in [2.75, 3.05) is 0 Å². The smallest absolute Gasteiger partial charge is 0.0913 e. The molecule has 0 aromatic rings. The second kappa shape index (κ2) is 3.95. The molecule has 9 heavy (non-hydrogen) atoms. The molecule has 1 atom stereocenters. The van der Waals surface area contributed by atoms with Crippen molar-refractivity contribution in [3.05, 3.63) is 24.3 Å². The summed E-state index contributed by atoms with van der Waals surface area (Å²) in [4.78, 5) is 0. The van der Waals surface area contributed by atoms with E-state index in [0.717, 1.165) is 6.42 Å². The molecule has 0 bridgehead atoms. The Bertz CT molecular complexity index is 147. The molecular formula is C7H9IO. The van der Waals surface area contributed by atoms with E-state index >= 15 is 0 Å². The first kappa shape index (κ1) is 7.15. The van der Waals surface area contributed by atoms with Gasteiger partial charge in [0.25, 0.3) is 0 Å². The number of halogens is 1. The highest BCUT2D eigenvalue weighted by molar-refractivity contribution is 14.2. The molecule has 0 fully saturated rings. The van der Waals surface area contributed by atoms with E-state index in [9.17, 15) is 0 Å². The zero-order valence-corrected chi connectivity index (χ0v) is 7.24. The van der Waals surface area contributed by atoms with Crippen LogP contribution in [-0.4, -0.2) is 10.6 Å². The van der Waals surface area contributed by atoms with E-state index in [4.69, 9.17) is 3.07 Å². The lowest BCUT2D eigenvalue weighted by Crippen LogP contribution is -2.03. The molecule has 0 saturated carbocycles. The highest BCUT2D eigenvalue weighted by Gasteiger charge is 2.01. The lowest BCUT2D eigenvalue weighted by molar-refractivity contribution is 0.345. The molecule has 1 aliphatic carbocycles. The van der Waals surface area contributed by atoms with E-state index < -0.39 is 0 Å². The van der Waals surface area contributed by atoms with Gasteiger partial charge >= 0.3 is 0 Å². The molecule has 1 nitrogen and oxygen atoms in total. The standard InChI is InChI=1S/C7H9IO/c1-8-9-7-5-3-2-4-6-7/h2-5,7H,1,6H2. The summed E-state index contributed by atoms with van der Waals surface area (Å²) in [6.07, 6.45) is 9.59. The number of hydrogen-bond acceptors (Lipinski definition) is 1. The maximum atomic E-state index is 5.34. The molecule has 0 aromatic heterocycles. The highest BCUT2D eigenvalue weighted by Crippen LogP contribution is 2.12. The highest BCUT2D eigenvalue weighted by atomic mass is 127. The largest absolute Gasteiger partial charge is 0.314 e. The maximum Gasteiger partial charge on any atom is 0.0913 e. The fourth-order valence-corrected chi connectivity index (χ4v) is 1.54. The van der Waals surface area contributed by atoms with Gasteiger partial charge in [-0.15, -0.1) is 0 Å². The zero-order chi connectivity index (χ0) is 6.53. The van der Waals surface area contributed by atoms with Crippen LogP contribution in [0, 0.1) is 0 Å². The van der Waals surface area contributed by atoms with Crippen LogP contribution in [0.1, 0.15) is 6.42 Å². The average Bonchev–Trinajstić information content (AvgIpc) is 1.91. The van der Waals surface area contributed by atoms with Gasteiger partial charge in [-0.3, -0.25) is 0 Å². The summed E-state index contributed by atoms with van der Waals surface area (Å²) in [6, 6.07) is 0. The van der Waals surface area contributed by atoms with Crippen LogP contribution in [-0.2, 0) is 3.07 Å². The summed E-state index contributed by atoms with van der Waals surface area (Å²) in [6.45, 7) is 0. The second-order valence-corrected chi connectivity index (χ2v) is 2.92. The van der Waals surface area contributed by atoms with Crippen LogP contribution in [0.4, 0.5) is 0 Å². The van der Waals surface area contributed by atoms with Gasteiger partial charge in [0.05, 0.1) is 6.10 Å². The van der Waals surface area contributed by atoms with Crippen molar-refractivity contribution in [3.63, 3.8) is 0 Å². The minimum atomic E-state index is -0.253. The second-order valence-electron chi connectivity index (χ2n) is 1.79. The van der Waals surface area contributed by atoms with Crippen LogP contribution < -0.4 is 0 Å². The molecule has 0 saturated heterocycles. The molecule has 0 aromatic carbocycles. The minimum Gasteiger partial charge on any atom is -0.314 e. The molecule has 0 spiro atoms. The van der Waals surface area contributed by atoms with Crippen molar-refractivity contribution in [1.82, 2.24) is 0 Å². The first-order valence-corrected chi connectivity index (χ1v) is 5.21. The third kappa shape index (κ3) is 2.41. The van der Waals surface area contributed by atoms with Crippen LogP contribution >= 0.6 is 21.1 Å². The summed E-state index contributed by atoms with van der Waals surface area (Å²) >= 11 is -0.253. The molecule has 0 N–H and O–H groups in total. The molecular weight excluding hydrogens is 227 g/mol. The van der Waals surface area contributed by atoms with Gasteiger partial charge in [0.1, 0.15) is 0 Å². The Kier molecular flexibility index (Phi) is 3.14. The summed E-state index contributed by atoms with van der Waals surface area (Å²) in [5, 5.41) is 0. The van der Waals surface area contributed by atoms with E-state index in [0.29, 0.717) is 6.10 Å². The van der Waals surface area contributed by atoms with Crippen molar-refractivity contribution in [2.24, 2.45) is 0 Å². The predicted octanol–water partition coefficient (Wildman–Crippen LogP) is 2.21. The Labute approximate surface area is 65.7 Å². The van der Waals surface area contributed by atoms with Crippen molar-refractivity contribution in [1.29, 1.82) is 0 Å². The van der Waals surface area contributed by atoms with Crippen LogP contribution in [0.5, 0.6) is 0 Å². The Morgan fingerprint density at radius 1 is 1.56 bits per heavy atom. The molecule has 2 heteroatoms. The van der Waals surface area contributed by atoms with Gasteiger partial charge in [-0.05, 0) is 10.9 Å². The van der Waals surface area contributed by atoms with E-state index in [1.54, 1.807) is 0 Å². The molecule has 50 valence electrons. The van der Waals surface area contributed by atoms with E-state index in [2.05, 4.69) is 16.7 Å². The summed E-state index contributed by atoms with van der Waals surface area (Å²) in [5.41, 5.74) is 0. The summed E-state index contributed by atoms with van der Waals surface area (Å²) in [5.74, 6) is 0. The number of hydrogen-bond donors (Lipinski definition) is 0. The van der Waals surface area contributed by atoms with Crippen LogP contribution in [0.25, 0.3) is 0 Å². The van der Waals surface area contributed by atoms with Crippen molar-refractivity contribution in [2.45, 2.75) is 12.5 Å². The van der Waals surface area contributed by atoms with E-state index in [1.807, 2.05) is 12.2 Å². The van der Waals surface area contributed by atoms with Crippen LogP contribution in [0.3, 0.4) is 0 Å². The first-order chi connectivity index (χ1) is 4.43. The van der Waals surface area contributed by atoms with Crippen molar-refractivity contribution < 1.29 is 3.07 Å². The molecule has 1 aliphatic rings. The lowest BCUT2D eigenvalue weighted by Gasteiger charge is -2.08. The quantitative estimate of drug-likeness (QED) is 0.668. The number of rotatable bonds is 2. The normalized spacial score (nSPS) is 24.7. The minimum absolute atomic E-state index is 0.253.